The second-order valence-corrected chi connectivity index (χ2v) is 7.49. The number of anilines is 2. The van der Waals surface area contributed by atoms with Gasteiger partial charge < -0.3 is 20.9 Å². The van der Waals surface area contributed by atoms with Crippen LogP contribution in [0, 0.1) is 34.9 Å². The number of nitrogens with two attached hydrogens (primary N) is 2. The summed E-state index contributed by atoms with van der Waals surface area (Å²) in [5.74, 6) is -23.2. The first-order valence-corrected chi connectivity index (χ1v) is 9.71. The lowest BCUT2D eigenvalue weighted by Gasteiger charge is -2.21. The highest BCUT2D eigenvalue weighted by Gasteiger charge is 2.44. The molecule has 3 aromatic carbocycles. The third kappa shape index (κ3) is 5.44. The van der Waals surface area contributed by atoms with Gasteiger partial charge in [-0.1, -0.05) is 0 Å². The van der Waals surface area contributed by atoms with Crippen LogP contribution in [0.1, 0.15) is 16.7 Å². The maximum Gasteiger partial charge on any atom is 0.422 e. The minimum atomic E-state index is -5.87. The van der Waals surface area contributed by atoms with Crippen molar-refractivity contribution in [3.8, 4) is 23.0 Å². The molecular weight excluding hydrogens is 597 g/mol. The minimum absolute atomic E-state index is 0.441. The summed E-state index contributed by atoms with van der Waals surface area (Å²) in [4.78, 5) is 0. The van der Waals surface area contributed by atoms with E-state index in [2.05, 4.69) is 9.47 Å². The van der Waals surface area contributed by atoms with Crippen LogP contribution in [0.3, 0.4) is 0 Å². The topological polar surface area (TPSA) is 70.5 Å². The van der Waals surface area contributed by atoms with Crippen molar-refractivity contribution in [2.24, 2.45) is 0 Å². The molecule has 3 aromatic rings. The van der Waals surface area contributed by atoms with Gasteiger partial charge in [0.15, 0.2) is 34.8 Å². The van der Waals surface area contributed by atoms with E-state index in [0.29, 0.717) is 0 Å². The Bertz CT molecular complexity index is 1490. The first-order chi connectivity index (χ1) is 18.1. The third-order valence-corrected chi connectivity index (χ3v) is 4.87. The Morgan fingerprint density at radius 2 is 0.850 bits per heavy atom. The fraction of sp³-hybridized carbons (Fsp3) is 0.143. The van der Waals surface area contributed by atoms with Crippen LogP contribution in [0.15, 0.2) is 18.2 Å². The van der Waals surface area contributed by atoms with Crippen molar-refractivity contribution in [1.82, 2.24) is 0 Å². The van der Waals surface area contributed by atoms with Crippen LogP contribution >= 0.6 is 0 Å². The lowest BCUT2D eigenvalue weighted by molar-refractivity contribution is -0.140. The van der Waals surface area contributed by atoms with E-state index >= 15 is 4.39 Å². The van der Waals surface area contributed by atoms with Gasteiger partial charge in [-0.2, -0.15) is 43.9 Å². The molecule has 0 atom stereocenters. The van der Waals surface area contributed by atoms with Gasteiger partial charge in [0.1, 0.15) is 28.2 Å². The number of ether oxygens (including phenoxy) is 2. The molecule has 19 heteroatoms. The van der Waals surface area contributed by atoms with E-state index in [-0.39, 0.29) is 0 Å². The zero-order valence-electron chi connectivity index (χ0n) is 18.4. The van der Waals surface area contributed by atoms with Crippen molar-refractivity contribution in [3.05, 3.63) is 69.8 Å². The summed E-state index contributed by atoms with van der Waals surface area (Å²) in [6.45, 7) is 0. The molecule has 0 saturated heterocycles. The molecular formula is C21H7F15N2O2. The van der Waals surface area contributed by atoms with Crippen LogP contribution in [0.4, 0.5) is 77.2 Å². The molecule has 0 aromatic heterocycles. The molecule has 3 rings (SSSR count). The molecule has 0 aliphatic carbocycles. The van der Waals surface area contributed by atoms with Gasteiger partial charge in [0.05, 0.1) is 11.4 Å². The van der Waals surface area contributed by atoms with Gasteiger partial charge in [-0.15, -0.1) is 0 Å². The van der Waals surface area contributed by atoms with Crippen molar-refractivity contribution in [3.63, 3.8) is 0 Å². The average molecular weight is 604 g/mol. The van der Waals surface area contributed by atoms with Crippen molar-refractivity contribution in [2.75, 3.05) is 11.5 Å². The van der Waals surface area contributed by atoms with Gasteiger partial charge >= 0.3 is 18.5 Å². The molecule has 4 N–H and O–H groups in total. The molecule has 0 aliphatic rings. The first-order valence-electron chi connectivity index (χ1n) is 9.71. The van der Waals surface area contributed by atoms with Crippen molar-refractivity contribution < 1.29 is 75.3 Å². The molecule has 0 bridgehead atoms. The Morgan fingerprint density at radius 3 is 1.20 bits per heavy atom. The smallest absolute Gasteiger partial charge is 0.422 e. The summed E-state index contributed by atoms with van der Waals surface area (Å²) in [5.41, 5.74) is -1.78. The van der Waals surface area contributed by atoms with E-state index in [9.17, 15) is 61.5 Å². The van der Waals surface area contributed by atoms with Crippen molar-refractivity contribution in [1.29, 1.82) is 0 Å². The minimum Gasteiger partial charge on any atom is -0.453 e. The standard InChI is InChI=1S/C21H7F15N2O2/c22-5-2-8(10(20(31,32)33)15(37)12(5)25)39-17-4(19(28,29)30)1-7(24)18(14(17)27)40-9-3-6(23)13(26)16(38)11(9)21(34,35)36/h1-3H,37-38H2. The van der Waals surface area contributed by atoms with E-state index in [1.165, 1.54) is 0 Å². The van der Waals surface area contributed by atoms with Gasteiger partial charge in [0.2, 0.25) is 11.6 Å². The van der Waals surface area contributed by atoms with Crippen LogP contribution < -0.4 is 20.9 Å². The van der Waals surface area contributed by atoms with Crippen LogP contribution in [-0.4, -0.2) is 0 Å². The second-order valence-electron chi connectivity index (χ2n) is 7.49. The largest absolute Gasteiger partial charge is 0.453 e. The van der Waals surface area contributed by atoms with Gasteiger partial charge in [-0.25, -0.2) is 22.0 Å². The Labute approximate surface area is 210 Å². The van der Waals surface area contributed by atoms with Crippen LogP contribution in [0.5, 0.6) is 23.0 Å². The third-order valence-electron chi connectivity index (χ3n) is 4.87. The van der Waals surface area contributed by atoms with E-state index in [0.717, 1.165) is 0 Å². The van der Waals surface area contributed by atoms with Gasteiger partial charge in [-0.05, 0) is 6.07 Å². The average Bonchev–Trinajstić information content (AvgIpc) is 2.77. The molecule has 0 aliphatic heterocycles. The molecule has 0 spiro atoms. The maximum absolute atomic E-state index is 15.2. The van der Waals surface area contributed by atoms with Crippen LogP contribution in [-0.2, 0) is 18.5 Å². The van der Waals surface area contributed by atoms with Crippen molar-refractivity contribution in [2.45, 2.75) is 18.5 Å². The number of hydrogen-bond acceptors (Lipinski definition) is 4. The SMILES string of the molecule is Nc1c(F)c(F)cc(Oc2c(F)cc(C(F)(F)F)c(Oc3cc(F)c(F)c(N)c3C(F)(F)F)c2F)c1C(F)(F)F. The maximum atomic E-state index is 15.2. The summed E-state index contributed by atoms with van der Waals surface area (Å²) in [5, 5.41) is 0. The van der Waals surface area contributed by atoms with Crippen LogP contribution in [0.2, 0.25) is 0 Å². The molecule has 0 heterocycles. The number of hydrogen-bond donors (Lipinski definition) is 2. The monoisotopic (exact) mass is 604 g/mol. The molecule has 0 fully saturated rings. The van der Waals surface area contributed by atoms with E-state index < -0.39 is 123 Å². The fourth-order valence-electron chi connectivity index (χ4n) is 3.20. The predicted octanol–water partition coefficient (Wildman–Crippen LogP) is 8.33. The lowest BCUT2D eigenvalue weighted by atomic mass is 10.1. The summed E-state index contributed by atoms with van der Waals surface area (Å²) < 4.78 is 214. The number of halogens is 15. The number of nitrogen functional groups attached to an aromatic ring is 2. The molecule has 4 nitrogen and oxygen atoms in total. The quantitative estimate of drug-likeness (QED) is 0.232. The highest BCUT2D eigenvalue weighted by Crippen LogP contribution is 2.50. The number of alkyl halides is 9. The fourth-order valence-corrected chi connectivity index (χ4v) is 3.20. The second kappa shape index (κ2) is 9.77. The Morgan fingerprint density at radius 1 is 0.475 bits per heavy atom. The zero-order valence-corrected chi connectivity index (χ0v) is 18.4. The van der Waals surface area contributed by atoms with Gasteiger partial charge in [0, 0.05) is 12.1 Å². The van der Waals surface area contributed by atoms with Gasteiger partial charge in [-0.3, -0.25) is 0 Å². The summed E-state index contributed by atoms with van der Waals surface area (Å²) in [6.07, 6.45) is -17.4. The zero-order chi connectivity index (χ0) is 30.7. The summed E-state index contributed by atoms with van der Waals surface area (Å²) in [7, 11) is 0. The number of benzene rings is 3. The van der Waals surface area contributed by atoms with E-state index in [4.69, 9.17) is 11.5 Å². The van der Waals surface area contributed by atoms with E-state index in [1.54, 1.807) is 0 Å². The highest BCUT2D eigenvalue weighted by molar-refractivity contribution is 5.61. The van der Waals surface area contributed by atoms with E-state index in [1.807, 2.05) is 0 Å². The van der Waals surface area contributed by atoms with Gasteiger partial charge in [0.25, 0.3) is 0 Å². The molecule has 218 valence electrons. The summed E-state index contributed by atoms with van der Waals surface area (Å²) >= 11 is 0. The number of rotatable bonds is 4. The Hall–Kier alpha value is -4.19. The first kappa shape index (κ1) is 30.4. The molecule has 0 amide bonds. The normalized spacial score (nSPS) is 12.6. The van der Waals surface area contributed by atoms with Crippen LogP contribution in [0.25, 0.3) is 0 Å². The lowest BCUT2D eigenvalue weighted by Crippen LogP contribution is -2.16. The summed E-state index contributed by atoms with van der Waals surface area (Å²) in [6, 6.07) is -1.67. The molecule has 0 radical (unpaired) electrons. The van der Waals surface area contributed by atoms with Crippen molar-refractivity contribution >= 4 is 11.4 Å². The highest BCUT2D eigenvalue weighted by atomic mass is 19.4. The molecule has 40 heavy (non-hydrogen) atoms. The Kier molecular flexibility index (Phi) is 7.42. The predicted molar refractivity (Wildman–Crippen MR) is 103 cm³/mol. The molecule has 0 unspecified atom stereocenters. The Balaban J connectivity index is 2.34. The molecule has 0 saturated carbocycles.